The maximum absolute atomic E-state index is 12.6. The number of aryl methyl sites for hydroxylation is 3. The van der Waals surface area contributed by atoms with Crippen LogP contribution in [0.5, 0.6) is 0 Å². The second kappa shape index (κ2) is 8.05. The van der Waals surface area contributed by atoms with Gasteiger partial charge < -0.3 is 9.88 Å². The van der Waals surface area contributed by atoms with Crippen LogP contribution in [0.3, 0.4) is 0 Å². The van der Waals surface area contributed by atoms with E-state index < -0.39 is 0 Å². The summed E-state index contributed by atoms with van der Waals surface area (Å²) in [5.74, 6) is 0.275. The maximum Gasteiger partial charge on any atom is 0.222 e. The number of nitrogens with zero attached hydrogens (tertiary/aromatic N) is 1. The Morgan fingerprint density at radius 1 is 1.11 bits per heavy atom. The number of hydrogen-bond donors (Lipinski definition) is 1. The molecule has 4 rings (SSSR count). The number of benzene rings is 2. The van der Waals surface area contributed by atoms with Crippen LogP contribution in [0.4, 0.5) is 0 Å². The van der Waals surface area contributed by atoms with Crippen molar-refractivity contribution in [2.75, 3.05) is 13.1 Å². The molecule has 3 nitrogen and oxygen atoms in total. The van der Waals surface area contributed by atoms with E-state index in [2.05, 4.69) is 73.6 Å². The fraction of sp³-hybridized carbons (Fsp3) is 0.320. The van der Waals surface area contributed by atoms with Gasteiger partial charge in [-0.1, -0.05) is 54.1 Å². The van der Waals surface area contributed by atoms with E-state index in [-0.39, 0.29) is 5.91 Å². The normalized spacial score (nSPS) is 14.4. The number of para-hydroxylation sites is 1. The van der Waals surface area contributed by atoms with Gasteiger partial charge in [-0.15, -0.1) is 0 Å². The monoisotopic (exact) mass is 372 g/mol. The number of aromatic amines is 1. The van der Waals surface area contributed by atoms with Crippen molar-refractivity contribution in [1.82, 2.24) is 9.88 Å². The van der Waals surface area contributed by atoms with Gasteiger partial charge >= 0.3 is 0 Å². The van der Waals surface area contributed by atoms with Crippen molar-refractivity contribution >= 4 is 22.4 Å². The van der Waals surface area contributed by atoms with Gasteiger partial charge in [-0.05, 0) is 49.8 Å². The summed E-state index contributed by atoms with van der Waals surface area (Å²) < 4.78 is 0. The fourth-order valence-electron chi connectivity index (χ4n) is 4.07. The molecule has 1 N–H and O–H groups in total. The van der Waals surface area contributed by atoms with Crippen molar-refractivity contribution < 1.29 is 4.79 Å². The van der Waals surface area contributed by atoms with E-state index in [1.54, 1.807) is 0 Å². The first-order valence-corrected chi connectivity index (χ1v) is 10.2. The second-order valence-electron chi connectivity index (χ2n) is 7.86. The number of carbonyl (C=O) groups is 1. The minimum atomic E-state index is 0.275. The topological polar surface area (TPSA) is 36.1 Å². The zero-order valence-electron chi connectivity index (χ0n) is 16.8. The van der Waals surface area contributed by atoms with Crippen LogP contribution in [-0.4, -0.2) is 28.9 Å². The van der Waals surface area contributed by atoms with Crippen LogP contribution in [0.15, 0.2) is 54.7 Å². The average Bonchev–Trinajstić information content (AvgIpc) is 3.15. The molecular formula is C25H28N2O. The molecule has 0 bridgehead atoms. The lowest BCUT2D eigenvalue weighted by Gasteiger charge is -2.26. The van der Waals surface area contributed by atoms with Crippen molar-refractivity contribution in [1.29, 1.82) is 0 Å². The van der Waals surface area contributed by atoms with Crippen LogP contribution in [0, 0.1) is 13.8 Å². The Hall–Kier alpha value is -2.81. The third kappa shape index (κ3) is 3.89. The number of nitrogens with one attached hydrogen (secondary N) is 1. The number of carbonyl (C=O) groups excluding carboxylic acids is 1. The number of fused-ring (bicyclic) bond motifs is 1. The Morgan fingerprint density at radius 3 is 2.68 bits per heavy atom. The molecule has 0 atom stereocenters. The van der Waals surface area contributed by atoms with Gasteiger partial charge in [0, 0.05) is 42.2 Å². The molecule has 2 aromatic carbocycles. The van der Waals surface area contributed by atoms with E-state index in [0.717, 1.165) is 32.4 Å². The van der Waals surface area contributed by atoms with Gasteiger partial charge in [0.15, 0.2) is 0 Å². The molecule has 144 valence electrons. The maximum atomic E-state index is 12.6. The smallest absolute Gasteiger partial charge is 0.222 e. The summed E-state index contributed by atoms with van der Waals surface area (Å²) in [6.07, 6.45) is 7.77. The predicted molar refractivity (Wildman–Crippen MR) is 116 cm³/mol. The Morgan fingerprint density at radius 2 is 1.93 bits per heavy atom. The number of aromatic nitrogens is 1. The fourth-order valence-corrected chi connectivity index (χ4v) is 4.07. The Balaban J connectivity index is 1.34. The van der Waals surface area contributed by atoms with E-state index in [1.807, 2.05) is 4.90 Å². The summed E-state index contributed by atoms with van der Waals surface area (Å²) >= 11 is 0. The lowest BCUT2D eigenvalue weighted by Crippen LogP contribution is -2.34. The highest BCUT2D eigenvalue weighted by Gasteiger charge is 2.19. The summed E-state index contributed by atoms with van der Waals surface area (Å²) in [5.41, 5.74) is 7.71. The van der Waals surface area contributed by atoms with Crippen LogP contribution in [0.25, 0.3) is 16.5 Å². The Labute approximate surface area is 167 Å². The van der Waals surface area contributed by atoms with Gasteiger partial charge in [0.1, 0.15) is 0 Å². The highest BCUT2D eigenvalue weighted by molar-refractivity contribution is 5.94. The Bertz CT molecular complexity index is 1010. The van der Waals surface area contributed by atoms with E-state index in [4.69, 9.17) is 0 Å². The third-order valence-corrected chi connectivity index (χ3v) is 5.81. The lowest BCUT2D eigenvalue weighted by atomic mass is 9.98. The van der Waals surface area contributed by atoms with Gasteiger partial charge in [0.2, 0.25) is 5.91 Å². The van der Waals surface area contributed by atoms with Crippen molar-refractivity contribution in [3.05, 3.63) is 77.0 Å². The first-order valence-electron chi connectivity index (χ1n) is 10.2. The largest absolute Gasteiger partial charge is 0.360 e. The average molecular weight is 373 g/mol. The molecule has 1 amide bonds. The minimum absolute atomic E-state index is 0.275. The molecule has 1 aliphatic rings. The summed E-state index contributed by atoms with van der Waals surface area (Å²) in [5, 5.41) is 1.28. The van der Waals surface area contributed by atoms with Crippen molar-refractivity contribution in [2.45, 2.75) is 39.5 Å². The number of amides is 1. The number of rotatable bonds is 5. The lowest BCUT2D eigenvalue weighted by molar-refractivity contribution is -0.130. The quantitative estimate of drug-likeness (QED) is 0.637. The van der Waals surface area contributed by atoms with Gasteiger partial charge in [-0.2, -0.15) is 0 Å². The van der Waals surface area contributed by atoms with Crippen molar-refractivity contribution in [3.63, 3.8) is 0 Å². The van der Waals surface area contributed by atoms with E-state index >= 15 is 0 Å². The third-order valence-electron chi connectivity index (χ3n) is 5.81. The zero-order valence-corrected chi connectivity index (χ0v) is 16.8. The van der Waals surface area contributed by atoms with E-state index in [0.29, 0.717) is 6.42 Å². The molecule has 3 aromatic rings. The van der Waals surface area contributed by atoms with Gasteiger partial charge in [-0.25, -0.2) is 0 Å². The van der Waals surface area contributed by atoms with Crippen molar-refractivity contribution in [3.8, 4) is 0 Å². The SMILES string of the molecule is Cc1ccc(CCCC(=O)N2CC=C(c3c[nH]c4c(C)cccc34)CC2)cc1. The second-order valence-corrected chi connectivity index (χ2v) is 7.86. The first-order chi connectivity index (χ1) is 13.6. The summed E-state index contributed by atoms with van der Waals surface area (Å²) in [7, 11) is 0. The molecule has 2 heterocycles. The number of H-pyrrole nitrogens is 1. The predicted octanol–water partition coefficient (Wildman–Crippen LogP) is 5.42. The standard InChI is InChI=1S/C25H28N2O/c1-18-9-11-20(12-10-18)6-4-8-24(28)27-15-13-21(14-16-27)23-17-26-25-19(2)5-3-7-22(23)25/h3,5,7,9-13,17,26H,4,6,8,14-16H2,1-2H3. The van der Waals surface area contributed by atoms with E-state index in [1.165, 1.54) is 38.7 Å². The summed E-state index contributed by atoms with van der Waals surface area (Å²) in [6.45, 7) is 5.77. The highest BCUT2D eigenvalue weighted by Crippen LogP contribution is 2.30. The zero-order chi connectivity index (χ0) is 19.5. The molecule has 0 fully saturated rings. The van der Waals surface area contributed by atoms with Gasteiger partial charge in [0.25, 0.3) is 0 Å². The highest BCUT2D eigenvalue weighted by atomic mass is 16.2. The summed E-state index contributed by atoms with van der Waals surface area (Å²) in [4.78, 5) is 18.0. The van der Waals surface area contributed by atoms with Crippen LogP contribution < -0.4 is 0 Å². The Kier molecular flexibility index (Phi) is 5.34. The molecule has 0 saturated heterocycles. The molecule has 1 aliphatic heterocycles. The minimum Gasteiger partial charge on any atom is -0.360 e. The molecule has 3 heteroatoms. The molecule has 0 aliphatic carbocycles. The molecule has 28 heavy (non-hydrogen) atoms. The van der Waals surface area contributed by atoms with Crippen LogP contribution in [0.1, 0.15) is 41.5 Å². The van der Waals surface area contributed by atoms with E-state index in [9.17, 15) is 4.79 Å². The first kappa shape index (κ1) is 18.5. The molecule has 0 spiro atoms. The molecular weight excluding hydrogens is 344 g/mol. The van der Waals surface area contributed by atoms with Crippen molar-refractivity contribution in [2.24, 2.45) is 0 Å². The molecule has 0 saturated carbocycles. The van der Waals surface area contributed by atoms with Crippen LogP contribution in [-0.2, 0) is 11.2 Å². The molecule has 0 unspecified atom stereocenters. The molecule has 1 aromatic heterocycles. The van der Waals surface area contributed by atoms with Crippen LogP contribution in [0.2, 0.25) is 0 Å². The molecule has 0 radical (unpaired) electrons. The number of hydrogen-bond acceptors (Lipinski definition) is 1. The van der Waals surface area contributed by atoms with Crippen LogP contribution >= 0.6 is 0 Å². The summed E-state index contributed by atoms with van der Waals surface area (Å²) in [6, 6.07) is 15.0. The van der Waals surface area contributed by atoms with Gasteiger partial charge in [-0.3, -0.25) is 4.79 Å². The van der Waals surface area contributed by atoms with Gasteiger partial charge in [0.05, 0.1) is 0 Å².